The number of aromatic nitrogens is 4. The molecule has 1 aliphatic heterocycles. The molecule has 1 atom stereocenters. The minimum absolute atomic E-state index is 0.184. The number of carbonyl (C=O) groups is 2. The van der Waals surface area contributed by atoms with Gasteiger partial charge in [0.2, 0.25) is 0 Å². The van der Waals surface area contributed by atoms with Crippen LogP contribution in [0.15, 0.2) is 42.2 Å². The molecule has 0 fully saturated rings. The summed E-state index contributed by atoms with van der Waals surface area (Å²) in [5.41, 5.74) is 2.35. The Morgan fingerprint density at radius 3 is 2.24 bits per heavy atom. The van der Waals surface area contributed by atoms with Crippen LogP contribution < -0.4 is 4.74 Å². The molecule has 0 aliphatic carbocycles. The number of carboxylic acids is 2. The van der Waals surface area contributed by atoms with Crippen molar-refractivity contribution >= 4 is 23.3 Å². The lowest BCUT2D eigenvalue weighted by molar-refractivity contribution is -0.193. The van der Waals surface area contributed by atoms with Gasteiger partial charge in [0.25, 0.3) is 0 Å². The van der Waals surface area contributed by atoms with E-state index in [1.165, 1.54) is 5.69 Å². The van der Waals surface area contributed by atoms with Crippen molar-refractivity contribution in [3.63, 3.8) is 0 Å². The summed E-state index contributed by atoms with van der Waals surface area (Å²) in [4.78, 5) is 28.9. The zero-order chi connectivity index (χ0) is 28.5. The number of hydrogen-bond donors (Lipinski definition) is 2. The number of nitrogens with zero attached hydrogens (tertiary/aromatic N) is 5. The van der Waals surface area contributed by atoms with E-state index >= 15 is 0 Å². The number of aryl methyl sites for hydroxylation is 1. The van der Waals surface area contributed by atoms with Crippen LogP contribution in [0.3, 0.4) is 0 Å². The number of rotatable bonds is 5. The maximum atomic E-state index is 10.6. The molecule has 38 heavy (non-hydrogen) atoms. The smallest absolute Gasteiger partial charge is 0.490 e. The Balaban J connectivity index is 0.000000301. The number of ether oxygens (including phenoxy) is 1. The standard InChI is InChI=1S/C17H19N5OS.2C2HF3O2/c1-13-20-14(12-24-13)8-21-9-15-4-6-19-22(15)16(10-21)11-23-17-3-2-5-18-7-17;2*3-2(4,5)1(6)7/h2-7,12,16H,8-11H2,1H3;2*(H,6,7). The first kappa shape index (κ1) is 30.5. The molecule has 0 amide bonds. The summed E-state index contributed by atoms with van der Waals surface area (Å²) in [5.74, 6) is -4.72. The van der Waals surface area contributed by atoms with E-state index in [0.717, 1.165) is 36.1 Å². The maximum Gasteiger partial charge on any atom is 0.490 e. The van der Waals surface area contributed by atoms with E-state index in [1.807, 2.05) is 25.3 Å². The Hall–Kier alpha value is -3.73. The van der Waals surface area contributed by atoms with Gasteiger partial charge in [-0.3, -0.25) is 14.6 Å². The summed E-state index contributed by atoms with van der Waals surface area (Å²) in [5, 5.41) is 22.0. The zero-order valence-electron chi connectivity index (χ0n) is 19.5. The van der Waals surface area contributed by atoms with Crippen molar-refractivity contribution in [3.05, 3.63) is 58.6 Å². The molecule has 17 heteroatoms. The third kappa shape index (κ3) is 9.97. The molecule has 2 N–H and O–H groups in total. The summed E-state index contributed by atoms with van der Waals surface area (Å²) in [6.07, 6.45) is -4.82. The quantitative estimate of drug-likeness (QED) is 0.439. The first-order chi connectivity index (χ1) is 17.7. The zero-order valence-corrected chi connectivity index (χ0v) is 20.3. The van der Waals surface area contributed by atoms with Gasteiger partial charge in [-0.15, -0.1) is 11.3 Å². The first-order valence-corrected chi connectivity index (χ1v) is 11.3. The number of hydrogen-bond acceptors (Lipinski definition) is 8. The SMILES string of the molecule is Cc1nc(CN2Cc3ccnn3C(COc3cccnc3)C2)cs1.O=C(O)C(F)(F)F.O=C(O)C(F)(F)F. The molecule has 0 spiro atoms. The fourth-order valence-electron chi connectivity index (χ4n) is 3.04. The highest BCUT2D eigenvalue weighted by atomic mass is 32.1. The van der Waals surface area contributed by atoms with E-state index in [2.05, 4.69) is 36.1 Å². The number of thiazole rings is 1. The number of pyridine rings is 1. The number of halogens is 6. The normalized spacial score (nSPS) is 15.3. The van der Waals surface area contributed by atoms with E-state index in [-0.39, 0.29) is 6.04 Å². The second-order valence-corrected chi connectivity index (χ2v) is 8.62. The molecular formula is C21H21F6N5O5S. The molecule has 0 radical (unpaired) electrons. The van der Waals surface area contributed by atoms with E-state index in [4.69, 9.17) is 24.5 Å². The summed E-state index contributed by atoms with van der Waals surface area (Å²) >= 11 is 1.70. The highest BCUT2D eigenvalue weighted by Crippen LogP contribution is 2.23. The van der Waals surface area contributed by atoms with Gasteiger partial charge in [0.1, 0.15) is 12.4 Å². The van der Waals surface area contributed by atoms with Gasteiger partial charge in [-0.05, 0) is 25.1 Å². The molecule has 10 nitrogen and oxygen atoms in total. The lowest BCUT2D eigenvalue weighted by Crippen LogP contribution is -2.39. The van der Waals surface area contributed by atoms with Crippen molar-refractivity contribution in [1.82, 2.24) is 24.6 Å². The highest BCUT2D eigenvalue weighted by molar-refractivity contribution is 7.09. The minimum Gasteiger partial charge on any atom is -0.490 e. The molecule has 4 heterocycles. The van der Waals surface area contributed by atoms with Gasteiger partial charge in [-0.1, -0.05) is 0 Å². The Labute approximate surface area is 215 Å². The minimum atomic E-state index is -5.08. The molecule has 0 bridgehead atoms. The van der Waals surface area contributed by atoms with Crippen LogP contribution in [0, 0.1) is 6.92 Å². The summed E-state index contributed by atoms with van der Waals surface area (Å²) in [7, 11) is 0. The van der Waals surface area contributed by atoms with Crippen LogP contribution in [-0.4, -0.2) is 72.3 Å². The maximum absolute atomic E-state index is 10.6. The van der Waals surface area contributed by atoms with Crippen LogP contribution in [0.2, 0.25) is 0 Å². The van der Waals surface area contributed by atoms with Crippen molar-refractivity contribution < 1.29 is 50.9 Å². The Kier molecular flexibility index (Phi) is 10.6. The summed E-state index contributed by atoms with van der Waals surface area (Å²) in [6, 6.07) is 6.07. The van der Waals surface area contributed by atoms with E-state index in [0.29, 0.717) is 6.61 Å². The molecule has 3 aromatic rings. The monoisotopic (exact) mass is 569 g/mol. The van der Waals surface area contributed by atoms with E-state index in [9.17, 15) is 26.3 Å². The molecule has 0 saturated heterocycles. The Morgan fingerprint density at radius 1 is 1.11 bits per heavy atom. The van der Waals surface area contributed by atoms with Gasteiger partial charge in [0.15, 0.2) is 0 Å². The number of carboxylic acid groups (broad SMARTS) is 2. The second-order valence-electron chi connectivity index (χ2n) is 7.55. The lowest BCUT2D eigenvalue weighted by Gasteiger charge is -2.33. The number of alkyl halides is 6. The van der Waals surface area contributed by atoms with Gasteiger partial charge in [-0.2, -0.15) is 31.4 Å². The van der Waals surface area contributed by atoms with Crippen LogP contribution in [0.4, 0.5) is 26.3 Å². The highest BCUT2D eigenvalue weighted by Gasteiger charge is 2.38. The van der Waals surface area contributed by atoms with Crippen molar-refractivity contribution in [2.75, 3.05) is 13.2 Å². The van der Waals surface area contributed by atoms with E-state index < -0.39 is 24.3 Å². The fraction of sp³-hybridized carbons (Fsp3) is 0.381. The van der Waals surface area contributed by atoms with Crippen molar-refractivity contribution in [2.24, 2.45) is 0 Å². The van der Waals surface area contributed by atoms with Crippen LogP contribution in [0.25, 0.3) is 0 Å². The van der Waals surface area contributed by atoms with Gasteiger partial charge in [0.05, 0.1) is 28.6 Å². The topological polar surface area (TPSA) is 131 Å². The molecule has 0 aromatic carbocycles. The van der Waals surface area contributed by atoms with Crippen LogP contribution in [0.5, 0.6) is 5.75 Å². The average molecular weight is 569 g/mol. The average Bonchev–Trinajstić information content (AvgIpc) is 3.46. The van der Waals surface area contributed by atoms with Gasteiger partial charge >= 0.3 is 24.3 Å². The number of aliphatic carboxylic acids is 2. The third-order valence-electron chi connectivity index (χ3n) is 4.57. The van der Waals surface area contributed by atoms with Gasteiger partial charge < -0.3 is 14.9 Å². The van der Waals surface area contributed by atoms with Crippen molar-refractivity contribution in [3.8, 4) is 5.75 Å². The molecule has 0 saturated carbocycles. The van der Waals surface area contributed by atoms with Crippen LogP contribution in [-0.2, 0) is 22.7 Å². The van der Waals surface area contributed by atoms with E-state index in [1.54, 1.807) is 23.7 Å². The summed E-state index contributed by atoms with van der Waals surface area (Å²) < 4.78 is 71.5. The lowest BCUT2D eigenvalue weighted by atomic mass is 10.2. The van der Waals surface area contributed by atoms with Crippen molar-refractivity contribution in [1.29, 1.82) is 0 Å². The Bertz CT molecular complexity index is 1160. The van der Waals surface area contributed by atoms with Gasteiger partial charge in [-0.25, -0.2) is 14.6 Å². The summed E-state index contributed by atoms with van der Waals surface area (Å²) in [6.45, 7) is 5.27. The third-order valence-corrected chi connectivity index (χ3v) is 5.39. The molecule has 208 valence electrons. The second kappa shape index (κ2) is 13.2. The first-order valence-electron chi connectivity index (χ1n) is 10.5. The molecule has 1 unspecified atom stereocenters. The molecule has 3 aromatic heterocycles. The molecule has 4 rings (SSSR count). The fourth-order valence-corrected chi connectivity index (χ4v) is 3.65. The van der Waals surface area contributed by atoms with Crippen molar-refractivity contribution in [2.45, 2.75) is 38.4 Å². The Morgan fingerprint density at radius 2 is 1.74 bits per heavy atom. The van der Waals surface area contributed by atoms with Crippen LogP contribution in [0.1, 0.15) is 22.4 Å². The predicted octanol–water partition coefficient (Wildman–Crippen LogP) is 3.95. The largest absolute Gasteiger partial charge is 0.490 e. The van der Waals surface area contributed by atoms with Crippen LogP contribution >= 0.6 is 11.3 Å². The predicted molar refractivity (Wildman–Crippen MR) is 119 cm³/mol. The molecule has 1 aliphatic rings. The van der Waals surface area contributed by atoms with Gasteiger partial charge in [0, 0.05) is 37.4 Å². The number of fused-ring (bicyclic) bond motifs is 1. The molecular weight excluding hydrogens is 548 g/mol.